The van der Waals surface area contributed by atoms with Crippen LogP contribution in [0.15, 0.2) is 12.4 Å². The lowest BCUT2D eigenvalue weighted by Gasteiger charge is -2.15. The second kappa shape index (κ2) is 5.44. The van der Waals surface area contributed by atoms with Gasteiger partial charge in [-0.1, -0.05) is 13.8 Å². The van der Waals surface area contributed by atoms with E-state index in [9.17, 15) is 9.18 Å². The molecule has 1 heterocycles. The molecule has 0 saturated carbocycles. The Balaban J connectivity index is 3.08. The van der Waals surface area contributed by atoms with Crippen molar-refractivity contribution < 1.29 is 13.9 Å². The summed E-state index contributed by atoms with van der Waals surface area (Å²) < 4.78 is 18.0. The van der Waals surface area contributed by atoms with Gasteiger partial charge in [-0.2, -0.15) is 0 Å². The van der Waals surface area contributed by atoms with E-state index in [1.165, 1.54) is 7.11 Å². The minimum absolute atomic E-state index is 0.121. The highest BCUT2D eigenvalue weighted by atomic mass is 19.1. The van der Waals surface area contributed by atoms with Crippen molar-refractivity contribution in [1.29, 1.82) is 0 Å². The average Bonchev–Trinajstić information content (AvgIpc) is 2.30. The molecule has 1 N–H and O–H groups in total. The molecule has 1 atom stereocenters. The monoisotopic (exact) mass is 226 g/mol. The minimum atomic E-state index is -0.686. The molecule has 0 radical (unpaired) electrons. The maximum atomic E-state index is 13.5. The minimum Gasteiger partial charge on any atom is -0.453 e. The zero-order chi connectivity index (χ0) is 12.1. The van der Waals surface area contributed by atoms with E-state index < -0.39 is 11.9 Å². The summed E-state index contributed by atoms with van der Waals surface area (Å²) in [6.07, 6.45) is 2.77. The van der Waals surface area contributed by atoms with Crippen LogP contribution in [0.3, 0.4) is 0 Å². The summed E-state index contributed by atoms with van der Waals surface area (Å²) in [5.41, 5.74) is 0.823. The molecular weight excluding hydrogens is 211 g/mol. The summed E-state index contributed by atoms with van der Waals surface area (Å²) in [6, 6.07) is 0. The van der Waals surface area contributed by atoms with Gasteiger partial charge in [0.25, 0.3) is 0 Å². The third-order valence-corrected chi connectivity index (χ3v) is 2.48. The van der Waals surface area contributed by atoms with E-state index in [2.05, 4.69) is 15.0 Å². The Morgan fingerprint density at radius 2 is 2.31 bits per heavy atom. The standard InChI is InChI=1S/C11H15FN2O2/c1-4-7(2)8-5-13-6-9(12)10(8)14-11(15)16-3/h5-7H,4H2,1-3H3,(H,13,14,15). The molecule has 4 nitrogen and oxygen atoms in total. The summed E-state index contributed by atoms with van der Waals surface area (Å²) in [7, 11) is 1.23. The van der Waals surface area contributed by atoms with Crippen LogP contribution >= 0.6 is 0 Å². The number of methoxy groups -OCH3 is 1. The highest BCUT2D eigenvalue weighted by Crippen LogP contribution is 2.28. The third kappa shape index (κ3) is 2.68. The largest absolute Gasteiger partial charge is 0.453 e. The molecule has 5 heteroatoms. The maximum absolute atomic E-state index is 13.5. The van der Waals surface area contributed by atoms with Gasteiger partial charge in [0.2, 0.25) is 0 Å². The number of pyridine rings is 1. The van der Waals surface area contributed by atoms with Crippen molar-refractivity contribution in [2.24, 2.45) is 0 Å². The summed E-state index contributed by atoms with van der Waals surface area (Å²) in [5.74, 6) is -0.432. The number of nitrogens with zero attached hydrogens (tertiary/aromatic N) is 1. The predicted octanol–water partition coefficient (Wildman–Crippen LogP) is 2.91. The highest BCUT2D eigenvalue weighted by Gasteiger charge is 2.16. The highest BCUT2D eigenvalue weighted by molar-refractivity contribution is 5.85. The first kappa shape index (κ1) is 12.4. The molecule has 88 valence electrons. The summed E-state index contributed by atoms with van der Waals surface area (Å²) >= 11 is 0. The fourth-order valence-corrected chi connectivity index (χ4v) is 1.33. The molecule has 0 aromatic carbocycles. The molecule has 1 aromatic heterocycles. The molecule has 0 aliphatic rings. The molecule has 0 aliphatic carbocycles. The van der Waals surface area contributed by atoms with Crippen LogP contribution in [0.2, 0.25) is 0 Å². The summed E-state index contributed by atoms with van der Waals surface area (Å²) in [5, 5.41) is 2.37. The predicted molar refractivity (Wildman–Crippen MR) is 58.9 cm³/mol. The fourth-order valence-electron chi connectivity index (χ4n) is 1.33. The maximum Gasteiger partial charge on any atom is 0.411 e. The molecule has 16 heavy (non-hydrogen) atoms. The Morgan fingerprint density at radius 3 is 2.88 bits per heavy atom. The molecule has 0 fully saturated rings. The van der Waals surface area contributed by atoms with Crippen molar-refractivity contribution >= 4 is 11.8 Å². The normalized spacial score (nSPS) is 12.0. The number of ether oxygens (including phenoxy) is 1. The van der Waals surface area contributed by atoms with Crippen LogP contribution < -0.4 is 5.32 Å². The zero-order valence-corrected chi connectivity index (χ0v) is 9.58. The smallest absolute Gasteiger partial charge is 0.411 e. The number of carbonyl (C=O) groups is 1. The van der Waals surface area contributed by atoms with Gasteiger partial charge in [-0.05, 0) is 17.9 Å². The van der Waals surface area contributed by atoms with E-state index in [0.717, 1.165) is 12.6 Å². The van der Waals surface area contributed by atoms with Gasteiger partial charge in [-0.3, -0.25) is 10.3 Å². The van der Waals surface area contributed by atoms with Crippen LogP contribution in [-0.4, -0.2) is 18.2 Å². The number of hydrogen-bond donors (Lipinski definition) is 1. The molecule has 1 amide bonds. The van der Waals surface area contributed by atoms with Crippen LogP contribution in [-0.2, 0) is 4.74 Å². The Bertz CT molecular complexity index is 382. The van der Waals surface area contributed by atoms with E-state index >= 15 is 0 Å². The first-order valence-electron chi connectivity index (χ1n) is 5.08. The molecule has 0 aliphatic heterocycles. The lowest BCUT2D eigenvalue weighted by atomic mass is 9.99. The van der Waals surface area contributed by atoms with Gasteiger partial charge in [-0.25, -0.2) is 9.18 Å². The topological polar surface area (TPSA) is 51.2 Å². The third-order valence-electron chi connectivity index (χ3n) is 2.48. The van der Waals surface area contributed by atoms with E-state index in [4.69, 9.17) is 0 Å². The first-order valence-corrected chi connectivity index (χ1v) is 5.08. The lowest BCUT2D eigenvalue weighted by Crippen LogP contribution is -2.15. The van der Waals surface area contributed by atoms with Crippen molar-refractivity contribution in [3.63, 3.8) is 0 Å². The van der Waals surface area contributed by atoms with E-state index in [1.807, 2.05) is 13.8 Å². The summed E-state index contributed by atoms with van der Waals surface area (Å²) in [6.45, 7) is 3.93. The Labute approximate surface area is 93.8 Å². The number of aromatic nitrogens is 1. The molecule has 0 bridgehead atoms. The number of rotatable bonds is 3. The SMILES string of the molecule is CCC(C)c1cncc(F)c1NC(=O)OC. The van der Waals surface area contributed by atoms with Gasteiger partial charge < -0.3 is 4.74 Å². The number of anilines is 1. The van der Waals surface area contributed by atoms with Crippen molar-refractivity contribution in [2.45, 2.75) is 26.2 Å². The van der Waals surface area contributed by atoms with Crippen LogP contribution in [0, 0.1) is 5.82 Å². The molecule has 1 aromatic rings. The van der Waals surface area contributed by atoms with Crippen molar-refractivity contribution in [1.82, 2.24) is 4.98 Å². The lowest BCUT2D eigenvalue weighted by molar-refractivity contribution is 0.186. The van der Waals surface area contributed by atoms with Gasteiger partial charge in [0.15, 0.2) is 5.82 Å². The first-order chi connectivity index (χ1) is 7.60. The molecule has 0 spiro atoms. The molecular formula is C11H15FN2O2. The molecule has 1 rings (SSSR count). The van der Waals surface area contributed by atoms with Crippen molar-refractivity contribution in [3.8, 4) is 0 Å². The number of hydrogen-bond acceptors (Lipinski definition) is 3. The van der Waals surface area contributed by atoms with Crippen LogP contribution in [0.25, 0.3) is 0 Å². The second-order valence-electron chi connectivity index (χ2n) is 3.51. The molecule has 1 unspecified atom stereocenters. The summed E-state index contributed by atoms with van der Waals surface area (Å²) in [4.78, 5) is 14.9. The molecule has 0 saturated heterocycles. The van der Waals surface area contributed by atoms with Crippen LogP contribution in [0.5, 0.6) is 0 Å². The van der Waals surface area contributed by atoms with E-state index in [1.54, 1.807) is 6.20 Å². The van der Waals surface area contributed by atoms with Crippen molar-refractivity contribution in [2.75, 3.05) is 12.4 Å². The van der Waals surface area contributed by atoms with Gasteiger partial charge in [0.1, 0.15) is 0 Å². The number of halogens is 1. The number of amides is 1. The Kier molecular flexibility index (Phi) is 4.22. The Morgan fingerprint density at radius 1 is 1.62 bits per heavy atom. The number of carbonyl (C=O) groups excluding carboxylic acids is 1. The van der Waals surface area contributed by atoms with E-state index in [0.29, 0.717) is 5.56 Å². The quantitative estimate of drug-likeness (QED) is 0.862. The van der Waals surface area contributed by atoms with Crippen LogP contribution in [0.4, 0.5) is 14.9 Å². The Hall–Kier alpha value is -1.65. The number of nitrogens with one attached hydrogen (secondary N) is 1. The fraction of sp³-hybridized carbons (Fsp3) is 0.455. The van der Waals surface area contributed by atoms with Gasteiger partial charge in [0, 0.05) is 6.20 Å². The zero-order valence-electron chi connectivity index (χ0n) is 9.58. The van der Waals surface area contributed by atoms with Gasteiger partial charge >= 0.3 is 6.09 Å². The second-order valence-corrected chi connectivity index (χ2v) is 3.51. The van der Waals surface area contributed by atoms with Gasteiger partial charge in [0.05, 0.1) is 19.0 Å². The van der Waals surface area contributed by atoms with Crippen LogP contribution in [0.1, 0.15) is 31.7 Å². The van der Waals surface area contributed by atoms with Crippen molar-refractivity contribution in [3.05, 3.63) is 23.8 Å². The average molecular weight is 226 g/mol. The van der Waals surface area contributed by atoms with E-state index in [-0.39, 0.29) is 11.6 Å². The van der Waals surface area contributed by atoms with Gasteiger partial charge in [-0.15, -0.1) is 0 Å².